The van der Waals surface area contributed by atoms with E-state index in [-0.39, 0.29) is 22.5 Å². The fourth-order valence-electron chi connectivity index (χ4n) is 3.90. The van der Waals surface area contributed by atoms with Gasteiger partial charge < -0.3 is 9.47 Å². The van der Waals surface area contributed by atoms with Crippen LogP contribution in [-0.2, 0) is 14.8 Å². The Labute approximate surface area is 229 Å². The number of sulfonamides is 1. The summed E-state index contributed by atoms with van der Waals surface area (Å²) in [6.07, 6.45) is 10.1. The number of likely N-dealkylation sites (N-methyl/N-ethyl adjacent to an activating group) is 1. The van der Waals surface area contributed by atoms with Crippen LogP contribution in [0.4, 0.5) is 4.39 Å². The molecule has 2 aromatic carbocycles. The topological polar surface area (TPSA) is 85.3 Å². The zero-order chi connectivity index (χ0) is 27.5. The second-order valence-electron chi connectivity index (χ2n) is 8.84. The Balaban J connectivity index is 1.69. The van der Waals surface area contributed by atoms with Gasteiger partial charge in [0, 0.05) is 6.54 Å². The van der Waals surface area contributed by atoms with Crippen molar-refractivity contribution >= 4 is 38.9 Å². The molecule has 0 N–H and O–H groups in total. The summed E-state index contributed by atoms with van der Waals surface area (Å²) in [5, 5.41) is 0.0506. The number of methoxy groups -OCH3 is 1. The molecule has 0 aromatic heterocycles. The van der Waals surface area contributed by atoms with Crippen LogP contribution >= 0.6 is 11.8 Å². The number of halogens is 1. The summed E-state index contributed by atoms with van der Waals surface area (Å²) in [4.78, 5) is 14.5. The fraction of sp³-hybridized carbons (Fsp3) is 0.429. The van der Waals surface area contributed by atoms with Crippen LogP contribution in [0.2, 0.25) is 0 Å². The molecule has 1 aliphatic rings. The molecule has 1 fully saturated rings. The average Bonchev–Trinajstić information content (AvgIpc) is 3.18. The SMILES string of the molecule is CCCCCCCCCOc1ccc(/C=C2\SC(=NS(=O)(=O)c3ccc(F)cc3)N(CC)C2=O)cc1OC. The van der Waals surface area contributed by atoms with Gasteiger partial charge in [0.15, 0.2) is 16.7 Å². The van der Waals surface area contributed by atoms with E-state index in [2.05, 4.69) is 11.3 Å². The molecule has 7 nitrogen and oxygen atoms in total. The number of amidine groups is 1. The quantitative estimate of drug-likeness (QED) is 0.189. The van der Waals surface area contributed by atoms with Gasteiger partial charge in [-0.05, 0) is 73.1 Å². The van der Waals surface area contributed by atoms with E-state index in [1.54, 1.807) is 26.2 Å². The molecule has 0 unspecified atom stereocenters. The first kappa shape index (κ1) is 29.7. The highest BCUT2D eigenvalue weighted by atomic mass is 32.2. The van der Waals surface area contributed by atoms with Crippen molar-refractivity contribution in [3.05, 3.63) is 58.8 Å². The van der Waals surface area contributed by atoms with Crippen molar-refractivity contribution in [1.29, 1.82) is 0 Å². The Kier molecular flexibility index (Phi) is 11.2. The largest absolute Gasteiger partial charge is 0.493 e. The van der Waals surface area contributed by atoms with E-state index in [4.69, 9.17) is 9.47 Å². The van der Waals surface area contributed by atoms with Crippen LogP contribution in [-0.4, -0.2) is 44.7 Å². The third-order valence-corrected chi connectivity index (χ3v) is 8.41. The lowest BCUT2D eigenvalue weighted by atomic mass is 10.1. The number of carbonyl (C=O) groups is 1. The summed E-state index contributed by atoms with van der Waals surface area (Å²) >= 11 is 0.977. The number of thioether (sulfide) groups is 1. The van der Waals surface area contributed by atoms with Gasteiger partial charge in [-0.3, -0.25) is 9.69 Å². The van der Waals surface area contributed by atoms with Crippen LogP contribution in [0.15, 0.2) is 56.7 Å². The minimum Gasteiger partial charge on any atom is -0.493 e. The van der Waals surface area contributed by atoms with Crippen LogP contribution < -0.4 is 9.47 Å². The summed E-state index contributed by atoms with van der Waals surface area (Å²) in [6, 6.07) is 9.81. The molecule has 10 heteroatoms. The molecule has 1 amide bonds. The Bertz CT molecular complexity index is 1260. The standard InChI is InChI=1S/C28H35FN2O5S2/c1-4-6-7-8-9-10-11-18-36-24-17-12-21(19-25(24)35-3)20-26-27(32)31(5-2)28(37-26)30-38(33,34)23-15-13-22(29)14-16-23/h12-17,19-20H,4-11,18H2,1-3H3/b26-20-,30-28?. The van der Waals surface area contributed by atoms with Crippen LogP contribution in [0.5, 0.6) is 11.5 Å². The van der Waals surface area contributed by atoms with Gasteiger partial charge in [0.2, 0.25) is 0 Å². The molecule has 0 bridgehead atoms. The van der Waals surface area contributed by atoms with Crippen molar-refractivity contribution in [2.24, 2.45) is 4.40 Å². The molecule has 1 heterocycles. The summed E-state index contributed by atoms with van der Waals surface area (Å²) in [5.74, 6) is 0.294. The lowest BCUT2D eigenvalue weighted by Gasteiger charge is -2.12. The molecule has 0 aliphatic carbocycles. The minimum absolute atomic E-state index is 0.0506. The zero-order valence-corrected chi connectivity index (χ0v) is 23.7. The van der Waals surface area contributed by atoms with E-state index in [0.29, 0.717) is 28.6 Å². The molecule has 1 aliphatic heterocycles. The fourth-order valence-corrected chi connectivity index (χ4v) is 6.15. The summed E-state index contributed by atoms with van der Waals surface area (Å²) in [6.45, 7) is 4.80. The third kappa shape index (κ3) is 8.07. The normalized spacial score (nSPS) is 16.0. The van der Waals surface area contributed by atoms with Crippen LogP contribution in [0.25, 0.3) is 6.08 Å². The van der Waals surface area contributed by atoms with Crippen LogP contribution in [0, 0.1) is 5.82 Å². The highest BCUT2D eigenvalue weighted by Crippen LogP contribution is 2.35. The monoisotopic (exact) mass is 562 g/mol. The van der Waals surface area contributed by atoms with Crippen molar-refractivity contribution in [3.8, 4) is 11.5 Å². The Morgan fingerprint density at radius 3 is 2.32 bits per heavy atom. The van der Waals surface area contributed by atoms with Gasteiger partial charge in [-0.15, -0.1) is 4.40 Å². The maximum Gasteiger partial charge on any atom is 0.284 e. The maximum atomic E-state index is 13.2. The van der Waals surface area contributed by atoms with Gasteiger partial charge in [0.25, 0.3) is 15.9 Å². The Morgan fingerprint density at radius 2 is 1.66 bits per heavy atom. The molecule has 38 heavy (non-hydrogen) atoms. The summed E-state index contributed by atoms with van der Waals surface area (Å²) in [7, 11) is -2.55. The van der Waals surface area contributed by atoms with Gasteiger partial charge in [-0.1, -0.05) is 51.5 Å². The zero-order valence-electron chi connectivity index (χ0n) is 22.1. The van der Waals surface area contributed by atoms with E-state index >= 15 is 0 Å². The molecular weight excluding hydrogens is 527 g/mol. The highest BCUT2D eigenvalue weighted by molar-refractivity contribution is 8.19. The van der Waals surface area contributed by atoms with Gasteiger partial charge in [-0.2, -0.15) is 8.42 Å². The van der Waals surface area contributed by atoms with Crippen molar-refractivity contribution in [2.45, 2.75) is 63.7 Å². The van der Waals surface area contributed by atoms with Crippen LogP contribution in [0.3, 0.4) is 0 Å². The van der Waals surface area contributed by atoms with E-state index in [9.17, 15) is 17.6 Å². The second-order valence-corrected chi connectivity index (χ2v) is 11.5. The molecule has 0 radical (unpaired) electrons. The van der Waals surface area contributed by atoms with Gasteiger partial charge >= 0.3 is 0 Å². The number of hydrogen-bond donors (Lipinski definition) is 0. The third-order valence-electron chi connectivity index (χ3n) is 6.00. The van der Waals surface area contributed by atoms with E-state index in [1.165, 1.54) is 37.0 Å². The van der Waals surface area contributed by atoms with Crippen molar-refractivity contribution < 1.29 is 27.1 Å². The molecule has 1 saturated heterocycles. The van der Waals surface area contributed by atoms with Crippen molar-refractivity contribution in [2.75, 3.05) is 20.3 Å². The number of rotatable bonds is 14. The first-order chi connectivity index (χ1) is 18.3. The lowest BCUT2D eigenvalue weighted by molar-refractivity contribution is -0.122. The molecule has 2 aromatic rings. The number of nitrogens with zero attached hydrogens (tertiary/aromatic N) is 2. The number of unbranched alkanes of at least 4 members (excludes halogenated alkanes) is 6. The molecule has 206 valence electrons. The Hall–Kier alpha value is -2.85. The smallest absolute Gasteiger partial charge is 0.284 e. The predicted octanol–water partition coefficient (Wildman–Crippen LogP) is 6.64. The van der Waals surface area contributed by atoms with E-state index in [0.717, 1.165) is 48.9 Å². The molecule has 0 atom stereocenters. The van der Waals surface area contributed by atoms with Gasteiger partial charge in [0.1, 0.15) is 5.82 Å². The number of benzene rings is 2. The number of ether oxygens (including phenoxy) is 2. The Morgan fingerprint density at radius 1 is 0.974 bits per heavy atom. The highest BCUT2D eigenvalue weighted by Gasteiger charge is 2.34. The number of amides is 1. The van der Waals surface area contributed by atoms with E-state index < -0.39 is 15.8 Å². The summed E-state index contributed by atoms with van der Waals surface area (Å²) < 4.78 is 54.0. The molecule has 3 rings (SSSR count). The number of hydrogen-bond acceptors (Lipinski definition) is 6. The van der Waals surface area contributed by atoms with Gasteiger partial charge in [0.05, 0.1) is 23.5 Å². The lowest BCUT2D eigenvalue weighted by Crippen LogP contribution is -2.29. The molecular formula is C28H35FN2O5S2. The maximum absolute atomic E-state index is 13.2. The van der Waals surface area contributed by atoms with Crippen LogP contribution in [0.1, 0.15) is 64.4 Å². The second kappa shape index (κ2) is 14.3. The average molecular weight is 563 g/mol. The molecule has 0 spiro atoms. The number of carbonyl (C=O) groups excluding carboxylic acids is 1. The minimum atomic E-state index is -4.12. The van der Waals surface area contributed by atoms with E-state index in [1.807, 2.05) is 12.1 Å². The summed E-state index contributed by atoms with van der Waals surface area (Å²) in [5.41, 5.74) is 0.708. The first-order valence-electron chi connectivity index (χ1n) is 12.9. The molecule has 0 saturated carbocycles. The van der Waals surface area contributed by atoms with Crippen molar-refractivity contribution in [1.82, 2.24) is 4.90 Å². The van der Waals surface area contributed by atoms with Gasteiger partial charge in [-0.25, -0.2) is 4.39 Å². The first-order valence-corrected chi connectivity index (χ1v) is 15.2. The predicted molar refractivity (Wildman–Crippen MR) is 150 cm³/mol. The van der Waals surface area contributed by atoms with Crippen molar-refractivity contribution in [3.63, 3.8) is 0 Å².